The molecule has 4 rings (SSSR count). The van der Waals surface area contributed by atoms with Gasteiger partial charge in [-0.3, -0.25) is 0 Å². The van der Waals surface area contributed by atoms with Crippen molar-refractivity contribution in [1.29, 1.82) is 0 Å². The number of nitrogens with zero attached hydrogens (tertiary/aromatic N) is 5. The summed E-state index contributed by atoms with van der Waals surface area (Å²) in [5, 5.41) is 15.1. The van der Waals surface area contributed by atoms with Gasteiger partial charge in [0.15, 0.2) is 5.82 Å². The number of benzene rings is 1. The summed E-state index contributed by atoms with van der Waals surface area (Å²) in [6.45, 7) is 1.24. The Morgan fingerprint density at radius 1 is 1.04 bits per heavy atom. The van der Waals surface area contributed by atoms with Crippen molar-refractivity contribution in [3.05, 3.63) is 66.4 Å². The maximum Gasteiger partial charge on any atom is 0.227 e. The van der Waals surface area contributed by atoms with Crippen LogP contribution in [0.3, 0.4) is 0 Å². The molecule has 0 spiro atoms. The van der Waals surface area contributed by atoms with Gasteiger partial charge in [0.1, 0.15) is 5.82 Å². The van der Waals surface area contributed by atoms with Gasteiger partial charge in [0.25, 0.3) is 0 Å². The van der Waals surface area contributed by atoms with Gasteiger partial charge >= 0.3 is 0 Å². The molecular formula is C18H18FN5O. The normalized spacial score (nSPS) is 16.8. The molecule has 0 unspecified atom stereocenters. The maximum atomic E-state index is 13.1. The van der Waals surface area contributed by atoms with E-state index >= 15 is 0 Å². The fraction of sp³-hybridized carbons (Fsp3) is 0.278. The van der Waals surface area contributed by atoms with Crippen LogP contribution in [-0.2, 0) is 5.60 Å². The zero-order chi connectivity index (χ0) is 17.3. The summed E-state index contributed by atoms with van der Waals surface area (Å²) in [7, 11) is 0. The highest BCUT2D eigenvalue weighted by atomic mass is 19.1. The number of rotatable bonds is 3. The molecule has 1 fully saturated rings. The molecule has 1 aromatic carbocycles. The van der Waals surface area contributed by atoms with E-state index in [1.807, 2.05) is 17.2 Å². The molecule has 1 N–H and O–H groups in total. The van der Waals surface area contributed by atoms with Gasteiger partial charge in [-0.15, -0.1) is 0 Å². The molecule has 0 bridgehead atoms. The van der Waals surface area contributed by atoms with Crippen LogP contribution in [0.15, 0.2) is 55.0 Å². The summed E-state index contributed by atoms with van der Waals surface area (Å²) in [4.78, 5) is 10.9. The predicted molar refractivity (Wildman–Crippen MR) is 90.9 cm³/mol. The van der Waals surface area contributed by atoms with Crippen molar-refractivity contribution >= 4 is 5.95 Å². The van der Waals surface area contributed by atoms with Gasteiger partial charge < -0.3 is 10.0 Å². The molecule has 0 amide bonds. The van der Waals surface area contributed by atoms with Crippen molar-refractivity contribution < 1.29 is 9.50 Å². The fourth-order valence-electron chi connectivity index (χ4n) is 3.15. The van der Waals surface area contributed by atoms with Crippen molar-refractivity contribution in [1.82, 2.24) is 19.7 Å². The molecular weight excluding hydrogens is 321 g/mol. The summed E-state index contributed by atoms with van der Waals surface area (Å²) in [5.41, 5.74) is -0.191. The van der Waals surface area contributed by atoms with E-state index in [1.165, 1.54) is 12.1 Å². The summed E-state index contributed by atoms with van der Waals surface area (Å²) < 4.78 is 14.8. The lowest BCUT2D eigenvalue weighted by atomic mass is 9.84. The van der Waals surface area contributed by atoms with Gasteiger partial charge in [0.05, 0.1) is 5.60 Å². The van der Waals surface area contributed by atoms with E-state index in [9.17, 15) is 9.50 Å². The van der Waals surface area contributed by atoms with Gasteiger partial charge in [0, 0.05) is 37.7 Å². The van der Waals surface area contributed by atoms with E-state index in [2.05, 4.69) is 15.1 Å². The van der Waals surface area contributed by atoms with Crippen molar-refractivity contribution in [2.75, 3.05) is 18.0 Å². The topological polar surface area (TPSA) is 67.1 Å². The Morgan fingerprint density at radius 3 is 2.48 bits per heavy atom. The van der Waals surface area contributed by atoms with E-state index in [0.29, 0.717) is 37.7 Å². The van der Waals surface area contributed by atoms with E-state index in [0.717, 1.165) is 5.56 Å². The van der Waals surface area contributed by atoms with Gasteiger partial charge in [-0.2, -0.15) is 10.1 Å². The molecule has 2 aromatic heterocycles. The summed E-state index contributed by atoms with van der Waals surface area (Å²) in [6.07, 6.45) is 6.31. The lowest BCUT2D eigenvalue weighted by Gasteiger charge is -2.38. The zero-order valence-corrected chi connectivity index (χ0v) is 13.6. The predicted octanol–water partition coefficient (Wildman–Crippen LogP) is 2.29. The van der Waals surface area contributed by atoms with E-state index in [1.54, 1.807) is 35.3 Å². The molecule has 6 nitrogen and oxygen atoms in total. The van der Waals surface area contributed by atoms with Gasteiger partial charge in [0.2, 0.25) is 5.95 Å². The standard InChI is InChI=1S/C18H18FN5O/c19-15-4-2-14(3-5-15)18(25)7-12-23(13-8-18)17-20-10-6-16(22-17)24-11-1-9-21-24/h1-6,9-11,25H,7-8,12-13H2. The van der Waals surface area contributed by atoms with Crippen molar-refractivity contribution in [2.45, 2.75) is 18.4 Å². The molecule has 7 heteroatoms. The van der Waals surface area contributed by atoms with Crippen molar-refractivity contribution in [2.24, 2.45) is 0 Å². The lowest BCUT2D eigenvalue weighted by Crippen LogP contribution is -2.43. The third-order valence-electron chi connectivity index (χ3n) is 4.62. The van der Waals surface area contributed by atoms with Crippen LogP contribution in [0, 0.1) is 5.82 Å². The number of piperidine rings is 1. The number of aromatic nitrogens is 4. The Balaban J connectivity index is 1.50. The molecule has 1 aliphatic rings. The molecule has 1 saturated heterocycles. The minimum Gasteiger partial charge on any atom is -0.385 e. The quantitative estimate of drug-likeness (QED) is 0.793. The van der Waals surface area contributed by atoms with Crippen LogP contribution < -0.4 is 4.90 Å². The molecule has 0 saturated carbocycles. The largest absolute Gasteiger partial charge is 0.385 e. The molecule has 0 aliphatic carbocycles. The van der Waals surface area contributed by atoms with Crippen molar-refractivity contribution in [3.63, 3.8) is 0 Å². The first-order valence-corrected chi connectivity index (χ1v) is 8.20. The highest BCUT2D eigenvalue weighted by molar-refractivity contribution is 5.36. The third-order valence-corrected chi connectivity index (χ3v) is 4.62. The van der Waals surface area contributed by atoms with Gasteiger partial charge in [-0.1, -0.05) is 12.1 Å². The van der Waals surface area contributed by atoms with Crippen LogP contribution in [0.25, 0.3) is 5.82 Å². The summed E-state index contributed by atoms with van der Waals surface area (Å²) >= 11 is 0. The average molecular weight is 339 g/mol. The molecule has 0 atom stereocenters. The third kappa shape index (κ3) is 3.10. The van der Waals surface area contributed by atoms with Gasteiger partial charge in [-0.05, 0) is 36.6 Å². The fourth-order valence-corrected chi connectivity index (χ4v) is 3.15. The van der Waals surface area contributed by atoms with E-state index < -0.39 is 5.60 Å². The molecule has 25 heavy (non-hydrogen) atoms. The maximum absolute atomic E-state index is 13.1. The van der Waals surface area contributed by atoms with Crippen molar-refractivity contribution in [3.8, 4) is 5.82 Å². The second-order valence-corrected chi connectivity index (χ2v) is 6.19. The number of halogens is 1. The SMILES string of the molecule is OC1(c2ccc(F)cc2)CCN(c2nccc(-n3cccn3)n2)CC1. The van der Waals surface area contributed by atoms with Crippen LogP contribution >= 0.6 is 0 Å². The Hall–Kier alpha value is -2.80. The van der Waals surface area contributed by atoms with E-state index in [-0.39, 0.29) is 5.82 Å². The first-order valence-electron chi connectivity index (χ1n) is 8.20. The van der Waals surface area contributed by atoms with Crippen LogP contribution in [0.1, 0.15) is 18.4 Å². The molecule has 1 aliphatic heterocycles. The van der Waals surface area contributed by atoms with E-state index in [4.69, 9.17) is 0 Å². The average Bonchev–Trinajstić information content (AvgIpc) is 3.18. The minimum atomic E-state index is -0.941. The summed E-state index contributed by atoms with van der Waals surface area (Å²) in [6, 6.07) is 9.72. The van der Waals surface area contributed by atoms with Crippen LogP contribution in [-0.4, -0.2) is 37.9 Å². The zero-order valence-electron chi connectivity index (χ0n) is 13.6. The summed E-state index contributed by atoms with van der Waals surface area (Å²) in [5.74, 6) is 1.03. The Bertz CT molecular complexity index is 842. The van der Waals surface area contributed by atoms with Gasteiger partial charge in [-0.25, -0.2) is 14.1 Å². The highest BCUT2D eigenvalue weighted by Crippen LogP contribution is 2.33. The minimum absolute atomic E-state index is 0.298. The first-order chi connectivity index (χ1) is 12.1. The van der Waals surface area contributed by atoms with Crippen LogP contribution in [0.2, 0.25) is 0 Å². The number of hydrogen-bond donors (Lipinski definition) is 1. The Kier molecular flexibility index (Phi) is 3.93. The second kappa shape index (κ2) is 6.25. The van der Waals surface area contributed by atoms with Crippen LogP contribution in [0.5, 0.6) is 0 Å². The molecule has 0 radical (unpaired) electrons. The highest BCUT2D eigenvalue weighted by Gasteiger charge is 2.34. The number of aliphatic hydroxyl groups is 1. The molecule has 3 aromatic rings. The lowest BCUT2D eigenvalue weighted by molar-refractivity contribution is 0.0115. The Labute approximate surface area is 144 Å². The molecule has 128 valence electrons. The first kappa shape index (κ1) is 15.7. The monoisotopic (exact) mass is 339 g/mol. The smallest absolute Gasteiger partial charge is 0.227 e. The second-order valence-electron chi connectivity index (χ2n) is 6.19. The Morgan fingerprint density at radius 2 is 1.80 bits per heavy atom. The number of hydrogen-bond acceptors (Lipinski definition) is 5. The molecule has 3 heterocycles. The number of anilines is 1. The van der Waals surface area contributed by atoms with Crippen LogP contribution in [0.4, 0.5) is 10.3 Å².